The van der Waals surface area contributed by atoms with Gasteiger partial charge in [-0.15, -0.1) is 0 Å². The van der Waals surface area contributed by atoms with Crippen molar-refractivity contribution in [1.29, 1.82) is 0 Å². The van der Waals surface area contributed by atoms with Crippen molar-refractivity contribution in [2.45, 2.75) is 64.7 Å². The molecule has 0 amide bonds. The number of hydrogen-bond donors (Lipinski definition) is 1. The summed E-state index contributed by atoms with van der Waals surface area (Å²) in [5, 5.41) is 1.14. The SMILES string of the molecule is CCCCc1ccccc1C(=O)c1ccc2c(c1)c(C1CCN(CCCC)CC1)cn2N. The second-order valence-corrected chi connectivity index (χ2v) is 9.28. The molecule has 4 nitrogen and oxygen atoms in total. The number of carbonyl (C=O) groups is 1. The first-order valence-corrected chi connectivity index (χ1v) is 12.4. The van der Waals surface area contributed by atoms with Crippen LogP contribution in [0.5, 0.6) is 0 Å². The van der Waals surface area contributed by atoms with Gasteiger partial charge in [0.2, 0.25) is 0 Å². The molecule has 2 heterocycles. The molecular weight excluding hydrogens is 394 g/mol. The van der Waals surface area contributed by atoms with Gasteiger partial charge < -0.3 is 10.7 Å². The quantitative estimate of drug-likeness (QED) is 0.338. The number of aryl methyl sites for hydroxylation is 1. The van der Waals surface area contributed by atoms with E-state index in [1.807, 2.05) is 30.3 Å². The van der Waals surface area contributed by atoms with E-state index in [1.54, 1.807) is 4.68 Å². The highest BCUT2D eigenvalue weighted by molar-refractivity contribution is 6.11. The lowest BCUT2D eigenvalue weighted by molar-refractivity contribution is 0.103. The third-order valence-electron chi connectivity index (χ3n) is 7.04. The number of piperidine rings is 1. The second-order valence-electron chi connectivity index (χ2n) is 9.28. The number of hydrogen-bond acceptors (Lipinski definition) is 3. The summed E-state index contributed by atoms with van der Waals surface area (Å²) in [5.74, 6) is 6.93. The number of fused-ring (bicyclic) bond motifs is 1. The van der Waals surface area contributed by atoms with E-state index in [-0.39, 0.29) is 5.78 Å². The molecule has 0 radical (unpaired) electrons. The van der Waals surface area contributed by atoms with Crippen LogP contribution in [0.2, 0.25) is 0 Å². The van der Waals surface area contributed by atoms with Gasteiger partial charge in [-0.2, -0.15) is 0 Å². The summed E-state index contributed by atoms with van der Waals surface area (Å²) in [5.41, 5.74) is 5.04. The lowest BCUT2D eigenvalue weighted by Crippen LogP contribution is -2.33. The minimum absolute atomic E-state index is 0.115. The molecule has 4 rings (SSSR count). The largest absolute Gasteiger partial charge is 0.339 e. The lowest BCUT2D eigenvalue weighted by atomic mass is 9.88. The van der Waals surface area contributed by atoms with E-state index < -0.39 is 0 Å². The molecular formula is C28H37N3O. The van der Waals surface area contributed by atoms with Crippen molar-refractivity contribution >= 4 is 16.7 Å². The third-order valence-corrected chi connectivity index (χ3v) is 7.04. The van der Waals surface area contributed by atoms with Crippen LogP contribution in [0, 0.1) is 0 Å². The molecule has 4 heteroatoms. The van der Waals surface area contributed by atoms with Crippen molar-refractivity contribution in [3.8, 4) is 0 Å². The zero-order valence-corrected chi connectivity index (χ0v) is 19.6. The Balaban J connectivity index is 1.60. The second kappa shape index (κ2) is 10.4. The zero-order chi connectivity index (χ0) is 22.5. The Hall–Kier alpha value is -2.59. The van der Waals surface area contributed by atoms with Crippen LogP contribution in [0.1, 0.15) is 85.3 Å². The first kappa shape index (κ1) is 22.6. The van der Waals surface area contributed by atoms with E-state index in [0.29, 0.717) is 5.92 Å². The van der Waals surface area contributed by atoms with Gasteiger partial charge >= 0.3 is 0 Å². The van der Waals surface area contributed by atoms with Gasteiger partial charge in [-0.05, 0) is 87.0 Å². The minimum atomic E-state index is 0.115. The van der Waals surface area contributed by atoms with Crippen LogP contribution in [-0.2, 0) is 6.42 Å². The fraction of sp³-hybridized carbons (Fsp3) is 0.464. The molecule has 32 heavy (non-hydrogen) atoms. The molecule has 0 aliphatic carbocycles. The van der Waals surface area contributed by atoms with Crippen LogP contribution < -0.4 is 5.84 Å². The molecule has 2 aromatic carbocycles. The Morgan fingerprint density at radius 1 is 1.03 bits per heavy atom. The Morgan fingerprint density at radius 3 is 2.53 bits per heavy atom. The van der Waals surface area contributed by atoms with Crippen LogP contribution in [0.4, 0.5) is 0 Å². The first-order valence-electron chi connectivity index (χ1n) is 12.4. The van der Waals surface area contributed by atoms with Gasteiger partial charge in [0.15, 0.2) is 5.78 Å². The maximum absolute atomic E-state index is 13.5. The van der Waals surface area contributed by atoms with Gasteiger partial charge in [-0.1, -0.05) is 51.0 Å². The first-order chi connectivity index (χ1) is 15.6. The number of carbonyl (C=O) groups excluding carboxylic acids is 1. The summed E-state index contributed by atoms with van der Waals surface area (Å²) in [6.45, 7) is 7.93. The molecule has 0 bridgehead atoms. The van der Waals surface area contributed by atoms with E-state index >= 15 is 0 Å². The predicted molar refractivity (Wildman–Crippen MR) is 134 cm³/mol. The van der Waals surface area contributed by atoms with Crippen molar-refractivity contribution in [1.82, 2.24) is 9.58 Å². The van der Waals surface area contributed by atoms with Crippen LogP contribution in [0.15, 0.2) is 48.7 Å². The number of nitrogens with zero attached hydrogens (tertiary/aromatic N) is 2. The molecule has 1 saturated heterocycles. The Bertz CT molecular complexity index is 1060. The number of nitrogen functional groups attached to an aromatic ring is 1. The van der Waals surface area contributed by atoms with E-state index in [1.165, 1.54) is 24.9 Å². The minimum Gasteiger partial charge on any atom is -0.339 e. The summed E-state index contributed by atoms with van der Waals surface area (Å²) in [7, 11) is 0. The van der Waals surface area contributed by atoms with E-state index in [2.05, 4.69) is 37.1 Å². The molecule has 3 aromatic rings. The average molecular weight is 432 g/mol. The molecule has 170 valence electrons. The van der Waals surface area contributed by atoms with Crippen molar-refractivity contribution in [2.75, 3.05) is 25.5 Å². The number of ketones is 1. The molecule has 1 aliphatic rings. The summed E-state index contributed by atoms with van der Waals surface area (Å²) >= 11 is 0. The van der Waals surface area contributed by atoms with E-state index in [9.17, 15) is 4.79 Å². The summed E-state index contributed by atoms with van der Waals surface area (Å²) in [6, 6.07) is 14.1. The monoisotopic (exact) mass is 431 g/mol. The van der Waals surface area contributed by atoms with Crippen LogP contribution >= 0.6 is 0 Å². The van der Waals surface area contributed by atoms with Gasteiger partial charge in [-0.3, -0.25) is 9.47 Å². The molecule has 0 atom stereocenters. The zero-order valence-electron chi connectivity index (χ0n) is 19.6. The lowest BCUT2D eigenvalue weighted by Gasteiger charge is -2.31. The van der Waals surface area contributed by atoms with Gasteiger partial charge in [0, 0.05) is 22.7 Å². The number of aromatic nitrogens is 1. The van der Waals surface area contributed by atoms with E-state index in [0.717, 1.165) is 72.8 Å². The number of likely N-dealkylation sites (tertiary alicyclic amines) is 1. The smallest absolute Gasteiger partial charge is 0.193 e. The Labute approximate surface area is 192 Å². The van der Waals surface area contributed by atoms with Crippen molar-refractivity contribution in [3.05, 3.63) is 70.9 Å². The molecule has 1 fully saturated rings. The molecule has 2 N–H and O–H groups in total. The Morgan fingerprint density at radius 2 is 1.78 bits per heavy atom. The maximum atomic E-state index is 13.5. The number of rotatable bonds is 9. The Kier molecular flexibility index (Phi) is 7.31. The fourth-order valence-electron chi connectivity index (χ4n) is 5.08. The van der Waals surface area contributed by atoms with Gasteiger partial charge in [0.1, 0.15) is 0 Å². The highest BCUT2D eigenvalue weighted by Gasteiger charge is 2.24. The van der Waals surface area contributed by atoms with Gasteiger partial charge in [-0.25, -0.2) is 0 Å². The fourth-order valence-corrected chi connectivity index (χ4v) is 5.08. The molecule has 0 spiro atoms. The highest BCUT2D eigenvalue weighted by atomic mass is 16.1. The number of benzene rings is 2. The van der Waals surface area contributed by atoms with Crippen LogP contribution in [0.3, 0.4) is 0 Å². The summed E-state index contributed by atoms with van der Waals surface area (Å²) in [4.78, 5) is 16.1. The predicted octanol–water partition coefficient (Wildman–Crippen LogP) is 5.91. The van der Waals surface area contributed by atoms with E-state index in [4.69, 9.17) is 5.84 Å². The number of nitrogens with two attached hydrogens (primary N) is 1. The highest BCUT2D eigenvalue weighted by Crippen LogP contribution is 2.35. The topological polar surface area (TPSA) is 51.3 Å². The summed E-state index contributed by atoms with van der Waals surface area (Å²) in [6.07, 6.45) is 10.1. The average Bonchev–Trinajstić information content (AvgIpc) is 3.17. The van der Waals surface area contributed by atoms with Crippen molar-refractivity contribution in [2.24, 2.45) is 0 Å². The molecule has 1 aliphatic heterocycles. The normalized spacial score (nSPS) is 15.4. The van der Waals surface area contributed by atoms with Crippen LogP contribution in [0.25, 0.3) is 10.9 Å². The van der Waals surface area contributed by atoms with Crippen LogP contribution in [-0.4, -0.2) is 35.0 Å². The molecule has 0 saturated carbocycles. The third kappa shape index (κ3) is 4.75. The van der Waals surface area contributed by atoms with Gasteiger partial charge in [0.05, 0.1) is 5.52 Å². The number of unbranched alkanes of at least 4 members (excludes halogenated alkanes) is 2. The van der Waals surface area contributed by atoms with Gasteiger partial charge in [0.25, 0.3) is 0 Å². The maximum Gasteiger partial charge on any atom is 0.193 e. The molecule has 1 aromatic heterocycles. The van der Waals surface area contributed by atoms with Crippen molar-refractivity contribution in [3.63, 3.8) is 0 Å². The summed E-state index contributed by atoms with van der Waals surface area (Å²) < 4.78 is 1.73. The van der Waals surface area contributed by atoms with Crippen molar-refractivity contribution < 1.29 is 4.79 Å². The standard InChI is InChI=1S/C28H37N3O/c1-3-5-9-21-10-7-8-11-24(21)28(32)23-12-13-27-25(19-23)26(20-31(27)29)22-14-17-30(18-15-22)16-6-4-2/h7-8,10-13,19-20,22H,3-6,9,14-18,29H2,1-2H3. The molecule has 0 unspecified atom stereocenters.